The van der Waals surface area contributed by atoms with Crippen molar-refractivity contribution in [2.75, 3.05) is 20.8 Å². The van der Waals surface area contributed by atoms with Gasteiger partial charge in [0.25, 0.3) is 5.91 Å². The predicted octanol–water partition coefficient (Wildman–Crippen LogP) is 4.10. The van der Waals surface area contributed by atoms with Crippen LogP contribution in [0.5, 0.6) is 17.2 Å². The zero-order valence-electron chi connectivity index (χ0n) is 14.8. The number of halogens is 1. The number of rotatable bonds is 7. The number of amides is 1. The van der Waals surface area contributed by atoms with Gasteiger partial charge in [-0.1, -0.05) is 12.1 Å². The summed E-state index contributed by atoms with van der Waals surface area (Å²) < 4.78 is 16.9. The van der Waals surface area contributed by atoms with Gasteiger partial charge in [0.05, 0.1) is 25.3 Å². The van der Waals surface area contributed by atoms with Crippen LogP contribution in [0.2, 0.25) is 0 Å². The minimum Gasteiger partial charge on any atom is -0.496 e. The van der Waals surface area contributed by atoms with Crippen molar-refractivity contribution in [3.8, 4) is 17.2 Å². The molecule has 0 unspecified atom stereocenters. The summed E-state index contributed by atoms with van der Waals surface area (Å²) in [6, 6.07) is 9.24. The van der Waals surface area contributed by atoms with Gasteiger partial charge in [-0.15, -0.1) is 0 Å². The molecule has 2 aromatic carbocycles. The molecule has 2 rings (SSSR count). The topological polar surface area (TPSA) is 56.8 Å². The maximum Gasteiger partial charge on any atom is 0.251 e. The molecule has 0 spiro atoms. The van der Waals surface area contributed by atoms with Gasteiger partial charge < -0.3 is 19.5 Å². The Morgan fingerprint density at radius 3 is 2.48 bits per heavy atom. The highest BCUT2D eigenvalue weighted by Crippen LogP contribution is 2.36. The van der Waals surface area contributed by atoms with Gasteiger partial charge in [0, 0.05) is 12.1 Å². The zero-order valence-corrected chi connectivity index (χ0v) is 16.4. The van der Waals surface area contributed by atoms with Crippen molar-refractivity contribution in [3.63, 3.8) is 0 Å². The second-order valence-corrected chi connectivity index (χ2v) is 6.26. The van der Waals surface area contributed by atoms with Crippen LogP contribution in [-0.4, -0.2) is 26.7 Å². The van der Waals surface area contributed by atoms with E-state index in [1.807, 2.05) is 32.0 Å². The summed E-state index contributed by atoms with van der Waals surface area (Å²) in [6.45, 7) is 4.78. The van der Waals surface area contributed by atoms with Gasteiger partial charge in [-0.2, -0.15) is 0 Å². The number of hydrogen-bond donors (Lipinski definition) is 1. The highest BCUT2D eigenvalue weighted by atomic mass is 79.9. The van der Waals surface area contributed by atoms with Crippen molar-refractivity contribution in [1.29, 1.82) is 0 Å². The van der Waals surface area contributed by atoms with Crippen LogP contribution in [0, 0.1) is 6.92 Å². The molecule has 1 amide bonds. The van der Waals surface area contributed by atoms with E-state index in [1.165, 1.54) is 0 Å². The summed E-state index contributed by atoms with van der Waals surface area (Å²) >= 11 is 3.43. The lowest BCUT2D eigenvalue weighted by atomic mass is 10.1. The third-order valence-corrected chi connectivity index (χ3v) is 4.29. The molecular formula is C19H22BrNO4. The third kappa shape index (κ3) is 4.66. The van der Waals surface area contributed by atoms with E-state index in [0.717, 1.165) is 16.9 Å². The van der Waals surface area contributed by atoms with E-state index in [9.17, 15) is 4.79 Å². The van der Waals surface area contributed by atoms with Crippen LogP contribution in [0.25, 0.3) is 0 Å². The Bertz CT molecular complexity index is 761. The maximum absolute atomic E-state index is 12.5. The fourth-order valence-corrected chi connectivity index (χ4v) is 2.95. The summed E-state index contributed by atoms with van der Waals surface area (Å²) in [7, 11) is 3.18. The van der Waals surface area contributed by atoms with Crippen LogP contribution >= 0.6 is 15.9 Å². The van der Waals surface area contributed by atoms with E-state index in [0.29, 0.717) is 34.7 Å². The first kappa shape index (κ1) is 19.1. The Morgan fingerprint density at radius 2 is 1.84 bits per heavy atom. The lowest BCUT2D eigenvalue weighted by Crippen LogP contribution is -2.23. The van der Waals surface area contributed by atoms with Crippen LogP contribution in [0.15, 0.2) is 34.8 Å². The van der Waals surface area contributed by atoms with Crippen LogP contribution in [0.1, 0.15) is 28.4 Å². The molecule has 2 aromatic rings. The summed E-state index contributed by atoms with van der Waals surface area (Å²) in [5.74, 6) is 1.71. The van der Waals surface area contributed by atoms with E-state index in [2.05, 4.69) is 21.2 Å². The SMILES string of the molecule is CCOc1c(Br)cc(C(=O)NCc2ccc(C)c(OC)c2)cc1OC. The average molecular weight is 408 g/mol. The molecule has 0 radical (unpaired) electrons. The fraction of sp³-hybridized carbons (Fsp3) is 0.316. The molecule has 5 nitrogen and oxygen atoms in total. The molecule has 0 aliphatic heterocycles. The molecule has 134 valence electrons. The number of carbonyl (C=O) groups excluding carboxylic acids is 1. The predicted molar refractivity (Wildman–Crippen MR) is 101 cm³/mol. The van der Waals surface area contributed by atoms with Gasteiger partial charge in [-0.3, -0.25) is 4.79 Å². The van der Waals surface area contributed by atoms with Crippen LogP contribution in [0.3, 0.4) is 0 Å². The van der Waals surface area contributed by atoms with Gasteiger partial charge >= 0.3 is 0 Å². The maximum atomic E-state index is 12.5. The molecule has 0 saturated heterocycles. The van der Waals surface area contributed by atoms with Gasteiger partial charge in [0.2, 0.25) is 0 Å². The standard InChI is InChI=1S/C19H22BrNO4/c1-5-25-18-15(20)9-14(10-17(18)24-4)19(22)21-11-13-7-6-12(2)16(8-13)23-3/h6-10H,5,11H2,1-4H3,(H,21,22). The number of methoxy groups -OCH3 is 2. The van der Waals surface area contributed by atoms with Crippen LogP contribution in [-0.2, 0) is 6.54 Å². The van der Waals surface area contributed by atoms with E-state index in [1.54, 1.807) is 26.4 Å². The molecule has 0 aliphatic carbocycles. The summed E-state index contributed by atoms with van der Waals surface area (Å²) in [4.78, 5) is 12.5. The highest BCUT2D eigenvalue weighted by Gasteiger charge is 2.15. The minimum absolute atomic E-state index is 0.193. The van der Waals surface area contributed by atoms with E-state index >= 15 is 0 Å². The van der Waals surface area contributed by atoms with Gasteiger partial charge in [-0.05, 0) is 59.1 Å². The number of carbonyl (C=O) groups is 1. The van der Waals surface area contributed by atoms with E-state index < -0.39 is 0 Å². The molecule has 1 N–H and O–H groups in total. The van der Waals surface area contributed by atoms with Crippen molar-refractivity contribution in [2.45, 2.75) is 20.4 Å². The van der Waals surface area contributed by atoms with Crippen molar-refractivity contribution in [1.82, 2.24) is 5.32 Å². The number of aryl methyl sites for hydroxylation is 1. The molecule has 0 saturated carbocycles. The Kier molecular flexibility index (Phi) is 6.70. The molecule has 0 atom stereocenters. The summed E-state index contributed by atoms with van der Waals surface area (Å²) in [5.41, 5.74) is 2.51. The molecule has 0 aliphatic rings. The third-order valence-electron chi connectivity index (χ3n) is 3.71. The van der Waals surface area contributed by atoms with E-state index in [-0.39, 0.29) is 5.91 Å². The minimum atomic E-state index is -0.193. The highest BCUT2D eigenvalue weighted by molar-refractivity contribution is 9.10. The Balaban J connectivity index is 2.14. The van der Waals surface area contributed by atoms with Gasteiger partial charge in [-0.25, -0.2) is 0 Å². The zero-order chi connectivity index (χ0) is 18.4. The summed E-state index contributed by atoms with van der Waals surface area (Å²) in [6.07, 6.45) is 0. The van der Waals surface area contributed by atoms with Crippen molar-refractivity contribution in [2.24, 2.45) is 0 Å². The van der Waals surface area contributed by atoms with Crippen molar-refractivity contribution < 1.29 is 19.0 Å². The Labute approximate surface area is 156 Å². The average Bonchev–Trinajstić information content (AvgIpc) is 2.62. The van der Waals surface area contributed by atoms with Gasteiger partial charge in [0.15, 0.2) is 11.5 Å². The first-order chi connectivity index (χ1) is 12.0. The largest absolute Gasteiger partial charge is 0.496 e. The lowest BCUT2D eigenvalue weighted by Gasteiger charge is -2.14. The van der Waals surface area contributed by atoms with Crippen molar-refractivity contribution >= 4 is 21.8 Å². The normalized spacial score (nSPS) is 10.3. The summed E-state index contributed by atoms with van der Waals surface area (Å²) in [5, 5.41) is 2.90. The van der Waals surface area contributed by atoms with Crippen LogP contribution in [0.4, 0.5) is 0 Å². The second-order valence-electron chi connectivity index (χ2n) is 5.41. The fourth-order valence-electron chi connectivity index (χ4n) is 2.39. The quantitative estimate of drug-likeness (QED) is 0.750. The smallest absolute Gasteiger partial charge is 0.251 e. The molecular weight excluding hydrogens is 386 g/mol. The van der Waals surface area contributed by atoms with E-state index in [4.69, 9.17) is 14.2 Å². The molecule has 0 aromatic heterocycles. The van der Waals surface area contributed by atoms with Crippen LogP contribution < -0.4 is 19.5 Å². The van der Waals surface area contributed by atoms with Crippen molar-refractivity contribution in [3.05, 3.63) is 51.5 Å². The Hall–Kier alpha value is -2.21. The second kappa shape index (κ2) is 8.76. The lowest BCUT2D eigenvalue weighted by molar-refractivity contribution is 0.0950. The monoisotopic (exact) mass is 407 g/mol. The number of hydrogen-bond acceptors (Lipinski definition) is 4. The first-order valence-electron chi connectivity index (χ1n) is 7.92. The molecule has 25 heavy (non-hydrogen) atoms. The number of ether oxygens (including phenoxy) is 3. The first-order valence-corrected chi connectivity index (χ1v) is 8.71. The number of nitrogens with one attached hydrogen (secondary N) is 1. The number of benzene rings is 2. The molecule has 6 heteroatoms. The molecule has 0 fully saturated rings. The van der Waals surface area contributed by atoms with Gasteiger partial charge in [0.1, 0.15) is 5.75 Å². The molecule has 0 heterocycles. The molecule has 0 bridgehead atoms. The Morgan fingerprint density at radius 1 is 1.12 bits per heavy atom.